The van der Waals surface area contributed by atoms with Crippen LogP contribution in [-0.4, -0.2) is 34.8 Å². The molecule has 3 aromatic rings. The summed E-state index contributed by atoms with van der Waals surface area (Å²) in [6.45, 7) is 12.6. The fraction of sp³-hybridized carbons (Fsp3) is 0.407. The number of aryl methyl sites for hydroxylation is 2. The minimum Gasteiger partial charge on any atom is -0.330 e. The first-order valence-electron chi connectivity index (χ1n) is 11.7. The van der Waals surface area contributed by atoms with E-state index in [9.17, 15) is 13.2 Å². The number of aromatic nitrogens is 2. The highest BCUT2D eigenvalue weighted by Gasteiger charge is 2.28. The summed E-state index contributed by atoms with van der Waals surface area (Å²) in [4.78, 5) is 19.5. The normalized spacial score (nSPS) is 11.9. The van der Waals surface area contributed by atoms with Crippen molar-refractivity contribution in [3.8, 4) is 0 Å². The second-order valence-corrected chi connectivity index (χ2v) is 11.4. The summed E-state index contributed by atoms with van der Waals surface area (Å²) in [6, 6.07) is 15.0. The topological polar surface area (TPSA) is 72.3 Å². The van der Waals surface area contributed by atoms with Crippen LogP contribution in [0.5, 0.6) is 0 Å². The molecular formula is C27H35N3O3S. The molecule has 0 unspecified atom stereocenters. The third-order valence-electron chi connectivity index (χ3n) is 5.93. The van der Waals surface area contributed by atoms with Crippen molar-refractivity contribution in [3.63, 3.8) is 0 Å². The fourth-order valence-electron chi connectivity index (χ4n) is 4.00. The maximum absolute atomic E-state index is 13.4. The van der Waals surface area contributed by atoms with Gasteiger partial charge in [-0.05, 0) is 56.4 Å². The van der Waals surface area contributed by atoms with Crippen LogP contribution >= 0.6 is 0 Å². The molecule has 0 spiro atoms. The van der Waals surface area contributed by atoms with E-state index in [1.54, 1.807) is 15.7 Å². The number of hydrogen-bond acceptors (Lipinski definition) is 4. The zero-order chi connectivity index (χ0) is 25.0. The average Bonchev–Trinajstić information content (AvgIpc) is 3.15. The largest absolute Gasteiger partial charge is 0.330 e. The van der Waals surface area contributed by atoms with Gasteiger partial charge in [-0.25, -0.2) is 13.4 Å². The van der Waals surface area contributed by atoms with Crippen LogP contribution in [0.3, 0.4) is 0 Å². The minimum atomic E-state index is -3.68. The molecule has 7 heteroatoms. The molecule has 0 N–H and O–H groups in total. The van der Waals surface area contributed by atoms with E-state index in [1.807, 2.05) is 90.1 Å². The second-order valence-electron chi connectivity index (χ2n) is 9.56. The van der Waals surface area contributed by atoms with E-state index in [2.05, 4.69) is 4.98 Å². The van der Waals surface area contributed by atoms with E-state index < -0.39 is 9.84 Å². The predicted octanol–water partition coefficient (Wildman–Crippen LogP) is 5.18. The highest BCUT2D eigenvalue weighted by Crippen LogP contribution is 2.23. The number of carbonyl (C=O) groups excluding carboxylic acids is 1. The Bertz CT molecular complexity index is 1260. The van der Waals surface area contributed by atoms with E-state index in [4.69, 9.17) is 0 Å². The lowest BCUT2D eigenvalue weighted by molar-refractivity contribution is 0.0684. The molecule has 0 aliphatic heterocycles. The van der Waals surface area contributed by atoms with Crippen LogP contribution in [-0.2, 0) is 28.7 Å². The van der Waals surface area contributed by atoms with Gasteiger partial charge in [0.1, 0.15) is 0 Å². The van der Waals surface area contributed by atoms with E-state index in [0.717, 1.165) is 16.7 Å². The summed E-state index contributed by atoms with van der Waals surface area (Å²) in [6.07, 6.45) is 1.60. The van der Waals surface area contributed by atoms with Crippen LogP contribution in [0.15, 0.2) is 59.9 Å². The van der Waals surface area contributed by atoms with Gasteiger partial charge in [0.25, 0.3) is 5.91 Å². The van der Waals surface area contributed by atoms with E-state index in [-0.39, 0.29) is 35.3 Å². The molecule has 0 atom stereocenters. The molecule has 6 nitrogen and oxygen atoms in total. The van der Waals surface area contributed by atoms with Crippen molar-refractivity contribution in [1.29, 1.82) is 0 Å². The molecular weight excluding hydrogens is 446 g/mol. The molecule has 0 aliphatic rings. The van der Waals surface area contributed by atoms with Gasteiger partial charge >= 0.3 is 0 Å². The third kappa shape index (κ3) is 5.76. The molecule has 1 aromatic heterocycles. The van der Waals surface area contributed by atoms with Crippen molar-refractivity contribution < 1.29 is 13.2 Å². The van der Waals surface area contributed by atoms with Crippen LogP contribution in [0.4, 0.5) is 0 Å². The Morgan fingerprint density at radius 1 is 0.971 bits per heavy atom. The van der Waals surface area contributed by atoms with Gasteiger partial charge in [-0.3, -0.25) is 4.79 Å². The second kappa shape index (κ2) is 10.6. The molecule has 0 saturated heterocycles. The molecule has 2 aromatic carbocycles. The molecule has 0 aliphatic carbocycles. The molecule has 0 radical (unpaired) electrons. The molecule has 3 rings (SSSR count). The number of benzene rings is 2. The van der Waals surface area contributed by atoms with Gasteiger partial charge in [-0.2, -0.15) is 0 Å². The summed E-state index contributed by atoms with van der Waals surface area (Å²) >= 11 is 0. The number of amides is 1. The Balaban J connectivity index is 1.99. The monoisotopic (exact) mass is 481 g/mol. The van der Waals surface area contributed by atoms with Crippen LogP contribution < -0.4 is 0 Å². The quantitative estimate of drug-likeness (QED) is 0.422. The lowest BCUT2D eigenvalue weighted by Gasteiger charge is -2.28. The van der Waals surface area contributed by atoms with Gasteiger partial charge < -0.3 is 9.47 Å². The highest BCUT2D eigenvalue weighted by atomic mass is 32.2. The first kappa shape index (κ1) is 25.7. The average molecular weight is 482 g/mol. The summed E-state index contributed by atoms with van der Waals surface area (Å²) in [5, 5.41) is 0.0616. The van der Waals surface area contributed by atoms with E-state index in [0.29, 0.717) is 17.8 Å². The van der Waals surface area contributed by atoms with Crippen molar-refractivity contribution in [3.05, 3.63) is 82.7 Å². The lowest BCUT2D eigenvalue weighted by Crippen LogP contribution is -2.37. The molecule has 1 heterocycles. The van der Waals surface area contributed by atoms with Crippen LogP contribution in [0.2, 0.25) is 0 Å². The molecule has 34 heavy (non-hydrogen) atoms. The van der Waals surface area contributed by atoms with Crippen molar-refractivity contribution in [2.45, 2.75) is 71.6 Å². The van der Waals surface area contributed by atoms with E-state index >= 15 is 0 Å². The minimum absolute atomic E-state index is 0.0616. The maximum Gasteiger partial charge on any atom is 0.254 e. The Hall–Kier alpha value is -2.93. The van der Waals surface area contributed by atoms with Crippen molar-refractivity contribution in [2.75, 3.05) is 0 Å². The van der Waals surface area contributed by atoms with Gasteiger partial charge in [0, 0.05) is 18.2 Å². The Morgan fingerprint density at radius 3 is 2.18 bits per heavy atom. The Kier molecular flexibility index (Phi) is 7.97. The Labute approximate surface area is 203 Å². The number of sulfone groups is 1. The number of rotatable bonds is 9. The van der Waals surface area contributed by atoms with Gasteiger partial charge in [0.15, 0.2) is 0 Å². The Morgan fingerprint density at radius 2 is 1.59 bits per heavy atom. The van der Waals surface area contributed by atoms with Crippen molar-refractivity contribution in [1.82, 2.24) is 14.5 Å². The predicted molar refractivity (Wildman–Crippen MR) is 135 cm³/mol. The number of nitrogens with zero attached hydrogens (tertiary/aromatic N) is 3. The van der Waals surface area contributed by atoms with Gasteiger partial charge in [0.2, 0.25) is 15.0 Å². The molecule has 0 saturated carbocycles. The number of carbonyl (C=O) groups is 1. The van der Waals surface area contributed by atoms with Crippen LogP contribution in [0, 0.1) is 19.8 Å². The standard InChI is InChI=1S/C27H35N3O3S/c1-19(2)16-30-24(17-29(20(3)4)26(31)25-14-10-8-12-22(25)6)15-28-27(30)34(32,33)18-23-13-9-7-11-21(23)5/h7-15,19-20H,16-18H2,1-6H3. The van der Waals surface area contributed by atoms with E-state index in [1.165, 1.54) is 0 Å². The fourth-order valence-corrected chi connectivity index (χ4v) is 5.60. The first-order chi connectivity index (χ1) is 16.0. The number of imidazole rings is 1. The lowest BCUT2D eigenvalue weighted by atomic mass is 10.1. The zero-order valence-corrected chi connectivity index (χ0v) is 21.8. The summed E-state index contributed by atoms with van der Waals surface area (Å²) in [5.41, 5.74) is 3.98. The summed E-state index contributed by atoms with van der Waals surface area (Å²) < 4.78 is 28.6. The van der Waals surface area contributed by atoms with Crippen molar-refractivity contribution >= 4 is 15.7 Å². The molecule has 0 fully saturated rings. The molecule has 1 amide bonds. The smallest absolute Gasteiger partial charge is 0.254 e. The van der Waals surface area contributed by atoms with Crippen LogP contribution in [0.25, 0.3) is 0 Å². The van der Waals surface area contributed by atoms with Gasteiger partial charge in [0.05, 0.1) is 24.2 Å². The van der Waals surface area contributed by atoms with Gasteiger partial charge in [-0.1, -0.05) is 56.3 Å². The number of hydrogen-bond donors (Lipinski definition) is 0. The summed E-state index contributed by atoms with van der Waals surface area (Å²) in [5.74, 6) is 0.0270. The maximum atomic E-state index is 13.4. The third-order valence-corrected chi connectivity index (χ3v) is 7.50. The zero-order valence-electron chi connectivity index (χ0n) is 20.9. The SMILES string of the molecule is Cc1ccccc1CS(=O)(=O)c1ncc(CN(C(=O)c2ccccc2C)C(C)C)n1CC(C)C. The highest BCUT2D eigenvalue weighted by molar-refractivity contribution is 7.90. The van der Waals surface area contributed by atoms with Crippen LogP contribution in [0.1, 0.15) is 60.4 Å². The molecule has 0 bridgehead atoms. The first-order valence-corrected chi connectivity index (χ1v) is 13.3. The van der Waals surface area contributed by atoms with Crippen molar-refractivity contribution in [2.24, 2.45) is 5.92 Å². The summed E-state index contributed by atoms with van der Waals surface area (Å²) in [7, 11) is -3.68. The molecule has 182 valence electrons. The van der Waals surface area contributed by atoms with Gasteiger partial charge in [-0.15, -0.1) is 0 Å².